The van der Waals surface area contributed by atoms with E-state index < -0.39 is 0 Å². The first-order chi connectivity index (χ1) is 14.0. The second-order valence-corrected chi connectivity index (χ2v) is 7.35. The number of rotatable bonds is 8. The molecular formula is C21H23N3O4S. The Labute approximate surface area is 173 Å². The predicted octanol–water partition coefficient (Wildman–Crippen LogP) is 4.03. The van der Waals surface area contributed by atoms with Gasteiger partial charge in [0.1, 0.15) is 11.5 Å². The summed E-state index contributed by atoms with van der Waals surface area (Å²) in [4.78, 5) is 12.4. The van der Waals surface area contributed by atoms with Crippen LogP contribution in [0.25, 0.3) is 11.5 Å². The highest BCUT2D eigenvalue weighted by Crippen LogP contribution is 2.29. The summed E-state index contributed by atoms with van der Waals surface area (Å²) in [5.41, 5.74) is 2.84. The molecule has 0 fully saturated rings. The van der Waals surface area contributed by atoms with Crippen LogP contribution in [0.3, 0.4) is 0 Å². The molecule has 0 radical (unpaired) electrons. The van der Waals surface area contributed by atoms with Crippen molar-refractivity contribution in [1.82, 2.24) is 15.5 Å². The van der Waals surface area contributed by atoms with E-state index in [0.29, 0.717) is 22.6 Å². The Hall–Kier alpha value is -3.00. The molecule has 1 atom stereocenters. The average molecular weight is 413 g/mol. The van der Waals surface area contributed by atoms with Gasteiger partial charge in [-0.2, -0.15) is 0 Å². The van der Waals surface area contributed by atoms with Gasteiger partial charge in [-0.25, -0.2) is 0 Å². The molecule has 1 amide bonds. The fraction of sp³-hybridized carbons (Fsp3) is 0.286. The SMILES string of the molecule is COc1ccc(OC)c([C@H](C)NC(=O)CSc2nnc(-c3ccc(C)cc3)o2)c1. The lowest BCUT2D eigenvalue weighted by Crippen LogP contribution is -2.28. The minimum Gasteiger partial charge on any atom is -0.497 e. The monoisotopic (exact) mass is 413 g/mol. The Morgan fingerprint density at radius 3 is 2.59 bits per heavy atom. The lowest BCUT2D eigenvalue weighted by Gasteiger charge is -2.18. The van der Waals surface area contributed by atoms with Crippen molar-refractivity contribution in [2.24, 2.45) is 0 Å². The Morgan fingerprint density at radius 2 is 1.90 bits per heavy atom. The quantitative estimate of drug-likeness (QED) is 0.558. The van der Waals surface area contributed by atoms with Crippen LogP contribution in [-0.4, -0.2) is 36.1 Å². The average Bonchev–Trinajstić information content (AvgIpc) is 3.21. The van der Waals surface area contributed by atoms with E-state index in [1.165, 1.54) is 11.8 Å². The van der Waals surface area contributed by atoms with E-state index in [2.05, 4.69) is 15.5 Å². The molecule has 29 heavy (non-hydrogen) atoms. The van der Waals surface area contributed by atoms with Gasteiger partial charge in [-0.3, -0.25) is 4.79 Å². The molecule has 1 aromatic heterocycles. The van der Waals surface area contributed by atoms with Gasteiger partial charge in [0.05, 0.1) is 26.0 Å². The summed E-state index contributed by atoms with van der Waals surface area (Å²) in [5.74, 6) is 1.83. The summed E-state index contributed by atoms with van der Waals surface area (Å²) in [7, 11) is 3.19. The lowest BCUT2D eigenvalue weighted by atomic mass is 10.1. The number of aryl methyl sites for hydroxylation is 1. The van der Waals surface area contributed by atoms with Crippen LogP contribution >= 0.6 is 11.8 Å². The fourth-order valence-electron chi connectivity index (χ4n) is 2.75. The number of hydrogen-bond acceptors (Lipinski definition) is 7. The minimum atomic E-state index is -0.251. The zero-order valence-electron chi connectivity index (χ0n) is 16.8. The van der Waals surface area contributed by atoms with Gasteiger partial charge in [-0.15, -0.1) is 10.2 Å². The van der Waals surface area contributed by atoms with Gasteiger partial charge < -0.3 is 19.2 Å². The first-order valence-electron chi connectivity index (χ1n) is 9.04. The molecule has 1 N–H and O–H groups in total. The number of carbonyl (C=O) groups is 1. The van der Waals surface area contributed by atoms with Gasteiger partial charge >= 0.3 is 0 Å². The van der Waals surface area contributed by atoms with Gasteiger partial charge in [0.15, 0.2) is 0 Å². The maximum absolute atomic E-state index is 12.4. The standard InChI is InChI=1S/C21H23N3O4S/c1-13-5-7-15(8-6-13)20-23-24-21(28-20)29-12-19(25)22-14(2)17-11-16(26-3)9-10-18(17)27-4/h5-11,14H,12H2,1-4H3,(H,22,25)/t14-/m0/s1. The number of nitrogens with zero attached hydrogens (tertiary/aromatic N) is 2. The minimum absolute atomic E-state index is 0.151. The van der Waals surface area contributed by atoms with E-state index in [-0.39, 0.29) is 17.7 Å². The molecule has 0 bridgehead atoms. The second-order valence-electron chi connectivity index (χ2n) is 6.42. The summed E-state index contributed by atoms with van der Waals surface area (Å²) in [6, 6.07) is 13.0. The number of ether oxygens (including phenoxy) is 2. The van der Waals surface area contributed by atoms with Crippen LogP contribution in [0.4, 0.5) is 0 Å². The molecule has 152 valence electrons. The number of aromatic nitrogens is 2. The Morgan fingerprint density at radius 1 is 1.14 bits per heavy atom. The van der Waals surface area contributed by atoms with Gasteiger partial charge in [0, 0.05) is 11.1 Å². The number of amides is 1. The second kappa shape index (κ2) is 9.47. The summed E-state index contributed by atoms with van der Waals surface area (Å²) in [6.07, 6.45) is 0. The topological polar surface area (TPSA) is 86.5 Å². The van der Waals surface area contributed by atoms with Gasteiger partial charge in [-0.05, 0) is 44.2 Å². The molecule has 0 saturated carbocycles. The molecule has 0 aliphatic carbocycles. The zero-order chi connectivity index (χ0) is 20.8. The third-order valence-corrected chi connectivity index (χ3v) is 5.13. The van der Waals surface area contributed by atoms with Gasteiger partial charge in [-0.1, -0.05) is 29.5 Å². The zero-order valence-corrected chi connectivity index (χ0v) is 17.6. The van der Waals surface area contributed by atoms with Crippen molar-refractivity contribution in [2.45, 2.75) is 25.1 Å². The molecule has 0 aliphatic heterocycles. The highest BCUT2D eigenvalue weighted by atomic mass is 32.2. The third kappa shape index (κ3) is 5.29. The third-order valence-electron chi connectivity index (χ3n) is 4.31. The molecule has 3 aromatic rings. The fourth-order valence-corrected chi connectivity index (χ4v) is 3.32. The van der Waals surface area contributed by atoms with Crippen molar-refractivity contribution in [3.05, 3.63) is 53.6 Å². The van der Waals surface area contributed by atoms with Crippen molar-refractivity contribution in [3.8, 4) is 23.0 Å². The predicted molar refractivity (Wildman–Crippen MR) is 111 cm³/mol. The van der Waals surface area contributed by atoms with Crippen molar-refractivity contribution >= 4 is 17.7 Å². The summed E-state index contributed by atoms with van der Waals surface area (Å²) >= 11 is 1.19. The van der Waals surface area contributed by atoms with Gasteiger partial charge in [0.25, 0.3) is 5.22 Å². The molecule has 1 heterocycles. The maximum Gasteiger partial charge on any atom is 0.277 e. The van der Waals surface area contributed by atoms with Crippen molar-refractivity contribution in [2.75, 3.05) is 20.0 Å². The van der Waals surface area contributed by atoms with Crippen LogP contribution in [0.5, 0.6) is 11.5 Å². The maximum atomic E-state index is 12.4. The van der Waals surface area contributed by atoms with Crippen molar-refractivity contribution in [1.29, 1.82) is 0 Å². The van der Waals surface area contributed by atoms with Crippen LogP contribution in [0, 0.1) is 6.92 Å². The van der Waals surface area contributed by atoms with Crippen LogP contribution in [-0.2, 0) is 4.79 Å². The molecule has 8 heteroatoms. The van der Waals surface area contributed by atoms with E-state index >= 15 is 0 Å². The van der Waals surface area contributed by atoms with E-state index in [1.807, 2.05) is 56.3 Å². The first-order valence-corrected chi connectivity index (χ1v) is 10.0. The number of hydrogen-bond donors (Lipinski definition) is 1. The first kappa shape index (κ1) is 20.7. The molecule has 0 spiro atoms. The van der Waals surface area contributed by atoms with Crippen LogP contribution < -0.4 is 14.8 Å². The van der Waals surface area contributed by atoms with E-state index in [4.69, 9.17) is 13.9 Å². The lowest BCUT2D eigenvalue weighted by molar-refractivity contribution is -0.119. The number of methoxy groups -OCH3 is 2. The van der Waals surface area contributed by atoms with Crippen LogP contribution in [0.2, 0.25) is 0 Å². The Bertz CT molecular complexity index is 972. The molecular weight excluding hydrogens is 390 g/mol. The largest absolute Gasteiger partial charge is 0.497 e. The number of nitrogens with one attached hydrogen (secondary N) is 1. The summed E-state index contributed by atoms with van der Waals surface area (Å²) in [6.45, 7) is 3.90. The summed E-state index contributed by atoms with van der Waals surface area (Å²) < 4.78 is 16.3. The van der Waals surface area contributed by atoms with Crippen molar-refractivity contribution < 1.29 is 18.7 Å². The van der Waals surface area contributed by atoms with Crippen LogP contribution in [0.15, 0.2) is 52.1 Å². The number of carbonyl (C=O) groups excluding carboxylic acids is 1. The highest BCUT2D eigenvalue weighted by Gasteiger charge is 2.17. The highest BCUT2D eigenvalue weighted by molar-refractivity contribution is 7.99. The number of benzene rings is 2. The number of thioether (sulfide) groups is 1. The molecule has 2 aromatic carbocycles. The normalized spacial score (nSPS) is 11.7. The van der Waals surface area contributed by atoms with Gasteiger partial charge in [0.2, 0.25) is 11.8 Å². The molecule has 7 nitrogen and oxygen atoms in total. The van der Waals surface area contributed by atoms with E-state index in [9.17, 15) is 4.79 Å². The van der Waals surface area contributed by atoms with E-state index in [1.54, 1.807) is 14.2 Å². The summed E-state index contributed by atoms with van der Waals surface area (Å²) in [5, 5.41) is 11.4. The molecule has 0 saturated heterocycles. The Balaban J connectivity index is 1.58. The molecule has 0 unspecified atom stereocenters. The Kier molecular flexibility index (Phi) is 6.77. The van der Waals surface area contributed by atoms with Crippen LogP contribution in [0.1, 0.15) is 24.1 Å². The molecule has 3 rings (SSSR count). The molecule has 0 aliphatic rings. The smallest absolute Gasteiger partial charge is 0.277 e. The van der Waals surface area contributed by atoms with E-state index in [0.717, 1.165) is 16.7 Å². The van der Waals surface area contributed by atoms with Crippen molar-refractivity contribution in [3.63, 3.8) is 0 Å².